The first-order valence-corrected chi connectivity index (χ1v) is 18.6. The number of carbonyl (C=O) groups excluding carboxylic acids is 8. The number of pyridine rings is 1. The maximum absolute atomic E-state index is 14.3. The molecule has 0 unspecified atom stereocenters. The Labute approximate surface area is 325 Å². The number of methoxy groups -OCH3 is 1. The number of amides is 6. The fraction of sp³-hybridized carbons (Fsp3) is 0.579. The summed E-state index contributed by atoms with van der Waals surface area (Å²) >= 11 is 0. The van der Waals surface area contributed by atoms with E-state index in [1.165, 1.54) is 33.4 Å². The van der Waals surface area contributed by atoms with E-state index in [1.807, 2.05) is 0 Å². The molecule has 56 heavy (non-hydrogen) atoms. The van der Waals surface area contributed by atoms with Crippen molar-refractivity contribution >= 4 is 53.2 Å². The number of likely N-dealkylation sites (tertiary alicyclic amines) is 1. The average molecular weight is 784 g/mol. The van der Waals surface area contributed by atoms with Gasteiger partial charge in [0.15, 0.2) is 5.78 Å². The van der Waals surface area contributed by atoms with Crippen molar-refractivity contribution in [3.63, 3.8) is 0 Å². The number of rotatable bonds is 16. The summed E-state index contributed by atoms with van der Waals surface area (Å²) in [5.41, 5.74) is -1.70. The Hall–Kier alpha value is -5.68. The predicted molar refractivity (Wildman–Crippen MR) is 200 cm³/mol. The third kappa shape index (κ3) is 12.2. The molecule has 0 spiro atoms. The minimum absolute atomic E-state index is 0.0704. The summed E-state index contributed by atoms with van der Waals surface area (Å²) in [4.78, 5) is 122. The van der Waals surface area contributed by atoms with Crippen molar-refractivity contribution in [2.75, 3.05) is 20.7 Å². The number of carboxylic acids is 1. The monoisotopic (exact) mass is 783 g/mol. The lowest BCUT2D eigenvalue weighted by molar-refractivity contribution is -0.145. The Bertz CT molecular complexity index is 1700. The lowest BCUT2D eigenvalue weighted by atomic mass is 9.83. The molecule has 18 nitrogen and oxygen atoms in total. The number of nitrogens with one attached hydrogen (secondary N) is 5. The highest BCUT2D eigenvalue weighted by atomic mass is 16.5. The van der Waals surface area contributed by atoms with E-state index >= 15 is 0 Å². The highest BCUT2D eigenvalue weighted by Crippen LogP contribution is 2.29. The van der Waals surface area contributed by atoms with Crippen molar-refractivity contribution in [1.29, 1.82) is 0 Å². The lowest BCUT2D eigenvalue weighted by Gasteiger charge is -2.36. The number of aromatic nitrogens is 1. The number of allylic oxidation sites excluding steroid dienone is 1. The van der Waals surface area contributed by atoms with Gasteiger partial charge in [-0.25, -0.2) is 9.59 Å². The van der Waals surface area contributed by atoms with Crippen LogP contribution in [-0.4, -0.2) is 119 Å². The van der Waals surface area contributed by atoms with Gasteiger partial charge in [0.25, 0.3) is 5.91 Å². The van der Waals surface area contributed by atoms with Gasteiger partial charge in [-0.15, -0.1) is 0 Å². The van der Waals surface area contributed by atoms with Crippen molar-refractivity contribution < 1.29 is 53.0 Å². The molecule has 5 atom stereocenters. The van der Waals surface area contributed by atoms with E-state index in [1.54, 1.807) is 20.8 Å². The second-order valence-corrected chi connectivity index (χ2v) is 15.0. The molecule has 1 aliphatic heterocycles. The predicted octanol–water partition coefficient (Wildman–Crippen LogP) is 0.404. The van der Waals surface area contributed by atoms with Gasteiger partial charge in [-0.3, -0.25) is 38.5 Å². The van der Waals surface area contributed by atoms with Crippen LogP contribution in [0.15, 0.2) is 30.6 Å². The van der Waals surface area contributed by atoms with Crippen LogP contribution in [0.1, 0.15) is 99.8 Å². The van der Waals surface area contributed by atoms with E-state index in [4.69, 9.17) is 0 Å². The Morgan fingerprint density at radius 2 is 1.64 bits per heavy atom. The number of hydrogen-bond donors (Lipinski definition) is 6. The van der Waals surface area contributed by atoms with Crippen LogP contribution in [0.4, 0.5) is 0 Å². The van der Waals surface area contributed by atoms with E-state index in [0.29, 0.717) is 12.8 Å². The summed E-state index contributed by atoms with van der Waals surface area (Å²) in [6, 6.07) is -4.83. The first kappa shape index (κ1) is 44.7. The van der Waals surface area contributed by atoms with Gasteiger partial charge in [0, 0.05) is 31.9 Å². The molecule has 1 aliphatic carbocycles. The van der Waals surface area contributed by atoms with Crippen LogP contribution < -0.4 is 26.6 Å². The van der Waals surface area contributed by atoms with Gasteiger partial charge in [-0.1, -0.05) is 46.1 Å². The van der Waals surface area contributed by atoms with E-state index in [2.05, 4.69) is 36.3 Å². The largest absolute Gasteiger partial charge is 0.478 e. The van der Waals surface area contributed by atoms with Crippen molar-refractivity contribution in [2.45, 2.75) is 109 Å². The fourth-order valence-electron chi connectivity index (χ4n) is 6.69. The highest BCUT2D eigenvalue weighted by Gasteiger charge is 2.46. The number of carboxylic acid groups (broad SMARTS) is 1. The molecule has 1 saturated heterocycles. The zero-order chi connectivity index (χ0) is 41.7. The van der Waals surface area contributed by atoms with Gasteiger partial charge in [0.05, 0.1) is 24.8 Å². The van der Waals surface area contributed by atoms with Crippen molar-refractivity contribution in [3.8, 4) is 0 Å². The number of ketones is 1. The molecule has 1 aromatic heterocycles. The molecule has 6 N–H and O–H groups in total. The Morgan fingerprint density at radius 1 is 0.964 bits per heavy atom. The molecule has 3 rings (SSSR count). The summed E-state index contributed by atoms with van der Waals surface area (Å²) in [6.45, 7) is 6.03. The number of likely N-dealkylation sites (N-methyl/N-ethyl adjacent to an activating group) is 1. The molecule has 2 fully saturated rings. The standard InChI is InChI=1S/C38H53N7O11/c1-21(31(48)39-5)41-35(52)29(22-12-8-7-9-13-22)43-34(51)27-18-23(46)20-45(27)36(53)30(38(2,3)4)44-33(50)26(14-10-11-15-28(47)56-6)42-32(49)25-19-40-17-16-24(25)37(54)55/h11,15-17,19,21-22,26-27,29-30H,7-10,12-14,18,20H2,1-6H3,(H,39,48)(H,41,52)(H,42,49)(H,43,51)(H,44,50)(H,54,55)/b15-11+/t21-,26-,27-,29-,30+/m0/s1. The zero-order valence-electron chi connectivity index (χ0n) is 32.6. The molecule has 18 heteroatoms. The number of aromatic carboxylic acids is 1. The molecule has 1 aromatic rings. The molecule has 0 aromatic carbocycles. The smallest absolute Gasteiger partial charge is 0.336 e. The maximum Gasteiger partial charge on any atom is 0.336 e. The minimum atomic E-state index is -1.40. The molecule has 6 amide bonds. The zero-order valence-corrected chi connectivity index (χ0v) is 32.6. The highest BCUT2D eigenvalue weighted by molar-refractivity contribution is 6.06. The Morgan fingerprint density at radius 3 is 2.25 bits per heavy atom. The summed E-state index contributed by atoms with van der Waals surface area (Å²) in [7, 11) is 2.62. The van der Waals surface area contributed by atoms with Gasteiger partial charge in [0.1, 0.15) is 30.2 Å². The van der Waals surface area contributed by atoms with E-state index in [0.717, 1.165) is 42.5 Å². The maximum atomic E-state index is 14.3. The van der Waals surface area contributed by atoms with Gasteiger partial charge in [-0.05, 0) is 50.0 Å². The summed E-state index contributed by atoms with van der Waals surface area (Å²) < 4.78 is 4.59. The second kappa shape index (κ2) is 20.3. The van der Waals surface area contributed by atoms with Crippen molar-refractivity contribution in [3.05, 3.63) is 41.7 Å². The van der Waals surface area contributed by atoms with Crippen LogP contribution in [-0.2, 0) is 38.3 Å². The lowest BCUT2D eigenvalue weighted by Crippen LogP contribution is -2.61. The summed E-state index contributed by atoms with van der Waals surface area (Å²) in [6.07, 6.45) is 8.32. The van der Waals surface area contributed by atoms with Crippen molar-refractivity contribution in [2.24, 2.45) is 11.3 Å². The van der Waals surface area contributed by atoms with Gasteiger partial charge in [0.2, 0.25) is 29.5 Å². The molecular formula is C38H53N7O11. The second-order valence-electron chi connectivity index (χ2n) is 15.0. The van der Waals surface area contributed by atoms with E-state index < -0.39 is 95.3 Å². The fourth-order valence-corrected chi connectivity index (χ4v) is 6.69. The summed E-state index contributed by atoms with van der Waals surface area (Å²) in [5.74, 6) is -7.01. The molecule has 1 saturated carbocycles. The van der Waals surface area contributed by atoms with Gasteiger partial charge >= 0.3 is 11.9 Å². The first-order valence-electron chi connectivity index (χ1n) is 18.6. The average Bonchev–Trinajstić information content (AvgIpc) is 3.57. The molecule has 0 radical (unpaired) electrons. The third-order valence-electron chi connectivity index (χ3n) is 9.82. The van der Waals surface area contributed by atoms with Crippen molar-refractivity contribution in [1.82, 2.24) is 36.5 Å². The minimum Gasteiger partial charge on any atom is -0.478 e. The van der Waals surface area contributed by atoms with Gasteiger partial charge in [-0.2, -0.15) is 0 Å². The number of esters is 1. The van der Waals surface area contributed by atoms with Crippen LogP contribution in [0.5, 0.6) is 0 Å². The number of Topliss-reactive ketones (excluding diaryl/α,β-unsaturated/α-hetero) is 1. The van der Waals surface area contributed by atoms with Crippen LogP contribution >= 0.6 is 0 Å². The number of nitrogens with zero attached hydrogens (tertiary/aromatic N) is 2. The normalized spacial score (nSPS) is 18.2. The quantitative estimate of drug-likeness (QED) is 0.0984. The molecule has 0 bridgehead atoms. The van der Waals surface area contributed by atoms with Crippen LogP contribution in [0.25, 0.3) is 0 Å². The molecular weight excluding hydrogens is 730 g/mol. The summed E-state index contributed by atoms with van der Waals surface area (Å²) in [5, 5.41) is 22.7. The number of carbonyl (C=O) groups is 9. The van der Waals surface area contributed by atoms with Gasteiger partial charge < -0.3 is 41.3 Å². The Balaban J connectivity index is 1.89. The molecule has 306 valence electrons. The molecule has 2 heterocycles. The van der Waals surface area contributed by atoms with Crippen LogP contribution in [0.2, 0.25) is 0 Å². The topological polar surface area (TPSA) is 259 Å². The number of hydrogen-bond acceptors (Lipinski definition) is 11. The SMILES string of the molecule is CNC(=O)[C@H](C)NC(=O)[C@@H](NC(=O)[C@@H]1CC(=O)CN1C(=O)[C@@H](NC(=O)[C@H](CC/C=C/C(=O)OC)NC(=O)c1cnccc1C(=O)O)C(C)(C)C)C1CCCCC1. The number of ether oxygens (including phenoxy) is 1. The van der Waals surface area contributed by atoms with E-state index in [-0.39, 0.29) is 36.3 Å². The first-order chi connectivity index (χ1) is 26.4. The van der Waals surface area contributed by atoms with E-state index in [9.17, 15) is 48.3 Å². The Kier molecular flexibility index (Phi) is 16.2. The van der Waals surface area contributed by atoms with Crippen LogP contribution in [0.3, 0.4) is 0 Å². The third-order valence-corrected chi connectivity index (χ3v) is 9.82. The van der Waals surface area contributed by atoms with Crippen LogP contribution in [0, 0.1) is 11.3 Å². The molecule has 2 aliphatic rings.